The molecule has 0 atom stereocenters. The summed E-state index contributed by atoms with van der Waals surface area (Å²) >= 11 is 1.51. The fourth-order valence-electron chi connectivity index (χ4n) is 1.97. The molecular weight excluding hydrogens is 322 g/mol. The number of aryl methyl sites for hydroxylation is 1. The highest BCUT2D eigenvalue weighted by molar-refractivity contribution is 7.89. The van der Waals surface area contributed by atoms with E-state index in [-0.39, 0.29) is 11.3 Å². The van der Waals surface area contributed by atoms with Gasteiger partial charge in [-0.2, -0.15) is 4.31 Å². The number of carboxylic acid groups (broad SMARTS) is 1. The highest BCUT2D eigenvalue weighted by Gasteiger charge is 2.21. The number of benzene rings is 1. The van der Waals surface area contributed by atoms with Crippen molar-refractivity contribution in [3.8, 4) is 0 Å². The number of aliphatic carboxylic acids is 1. The molecule has 1 aromatic carbocycles. The lowest BCUT2D eigenvalue weighted by Gasteiger charge is -2.16. The molecule has 0 bridgehead atoms. The number of nitrogens with zero attached hydrogens (tertiary/aromatic N) is 1. The van der Waals surface area contributed by atoms with Gasteiger partial charge in [-0.1, -0.05) is 18.2 Å². The molecule has 0 aliphatic rings. The van der Waals surface area contributed by atoms with Crippen LogP contribution >= 0.6 is 11.3 Å². The molecule has 1 heterocycles. The molecule has 7 heteroatoms. The van der Waals surface area contributed by atoms with Gasteiger partial charge >= 0.3 is 5.97 Å². The van der Waals surface area contributed by atoms with Crippen molar-refractivity contribution in [2.45, 2.75) is 24.3 Å². The predicted octanol–water partition coefficient (Wildman–Crippen LogP) is 2.59. The van der Waals surface area contributed by atoms with Crippen LogP contribution in [-0.4, -0.2) is 30.8 Å². The summed E-state index contributed by atoms with van der Waals surface area (Å²) in [6, 6.07) is 10.2. The molecule has 0 spiro atoms. The third kappa shape index (κ3) is 4.16. The summed E-state index contributed by atoms with van der Waals surface area (Å²) in [7, 11) is -1.99. The minimum Gasteiger partial charge on any atom is -0.481 e. The Bertz CT molecular complexity index is 721. The van der Waals surface area contributed by atoms with E-state index in [1.54, 1.807) is 19.2 Å². The summed E-state index contributed by atoms with van der Waals surface area (Å²) in [5, 5.41) is 10.6. The van der Waals surface area contributed by atoms with E-state index in [0.29, 0.717) is 13.0 Å². The van der Waals surface area contributed by atoms with Crippen LogP contribution in [0.15, 0.2) is 46.7 Å². The van der Waals surface area contributed by atoms with Gasteiger partial charge < -0.3 is 5.11 Å². The average Bonchev–Trinajstić information content (AvgIpc) is 2.98. The number of carboxylic acids is 1. The van der Waals surface area contributed by atoms with Crippen molar-refractivity contribution in [1.82, 2.24) is 4.31 Å². The fraction of sp³-hybridized carbons (Fsp3) is 0.267. The van der Waals surface area contributed by atoms with Crippen LogP contribution in [0.5, 0.6) is 0 Å². The predicted molar refractivity (Wildman–Crippen MR) is 85.4 cm³/mol. The molecule has 0 aliphatic heterocycles. The van der Waals surface area contributed by atoms with Gasteiger partial charge in [0.15, 0.2) is 0 Å². The second-order valence-corrected chi connectivity index (χ2v) is 7.96. The van der Waals surface area contributed by atoms with Crippen molar-refractivity contribution in [2.75, 3.05) is 7.05 Å². The molecular formula is C15H17NO4S2. The molecule has 0 fully saturated rings. The molecule has 5 nitrogen and oxygen atoms in total. The molecule has 22 heavy (non-hydrogen) atoms. The van der Waals surface area contributed by atoms with E-state index >= 15 is 0 Å². The minimum absolute atomic E-state index is 0.0321. The molecule has 1 aromatic heterocycles. The lowest BCUT2D eigenvalue weighted by atomic mass is 10.1. The van der Waals surface area contributed by atoms with E-state index in [2.05, 4.69) is 0 Å². The Morgan fingerprint density at radius 2 is 1.91 bits per heavy atom. The van der Waals surface area contributed by atoms with Crippen molar-refractivity contribution < 1.29 is 18.3 Å². The van der Waals surface area contributed by atoms with Crippen LogP contribution in [-0.2, 0) is 27.8 Å². The van der Waals surface area contributed by atoms with Crippen LogP contribution in [0.2, 0.25) is 0 Å². The quantitative estimate of drug-likeness (QED) is 0.841. The first-order chi connectivity index (χ1) is 10.4. The minimum atomic E-state index is -3.54. The Labute approximate surface area is 133 Å². The first-order valence-corrected chi connectivity index (χ1v) is 9.01. The molecule has 2 rings (SSSR count). The number of rotatable bonds is 7. The van der Waals surface area contributed by atoms with Crippen LogP contribution in [0.1, 0.15) is 16.9 Å². The normalized spacial score (nSPS) is 11.7. The zero-order chi connectivity index (χ0) is 16.2. The number of thiophene rings is 1. The summed E-state index contributed by atoms with van der Waals surface area (Å²) in [5.41, 5.74) is 0.808. The van der Waals surface area contributed by atoms with E-state index in [0.717, 1.165) is 10.4 Å². The van der Waals surface area contributed by atoms with Gasteiger partial charge in [-0.05, 0) is 35.6 Å². The van der Waals surface area contributed by atoms with Gasteiger partial charge in [0.1, 0.15) is 0 Å². The topological polar surface area (TPSA) is 74.7 Å². The SMILES string of the molecule is CN(Cc1cccs1)S(=O)(=O)c1ccc(CCC(=O)O)cc1. The summed E-state index contributed by atoms with van der Waals surface area (Å²) in [6.07, 6.45) is 0.422. The number of hydrogen-bond acceptors (Lipinski definition) is 4. The van der Waals surface area contributed by atoms with Gasteiger partial charge in [-0.15, -0.1) is 11.3 Å². The van der Waals surface area contributed by atoms with E-state index < -0.39 is 16.0 Å². The van der Waals surface area contributed by atoms with Gasteiger partial charge in [-0.25, -0.2) is 8.42 Å². The van der Waals surface area contributed by atoms with Crippen LogP contribution in [0.25, 0.3) is 0 Å². The van der Waals surface area contributed by atoms with Crippen molar-refractivity contribution in [2.24, 2.45) is 0 Å². The van der Waals surface area contributed by atoms with Gasteiger partial charge in [0, 0.05) is 24.9 Å². The van der Waals surface area contributed by atoms with Gasteiger partial charge in [-0.3, -0.25) is 4.79 Å². The molecule has 2 aromatic rings. The molecule has 0 radical (unpaired) electrons. The first-order valence-electron chi connectivity index (χ1n) is 6.69. The van der Waals surface area contributed by atoms with Crippen molar-refractivity contribution in [3.63, 3.8) is 0 Å². The third-order valence-corrected chi connectivity index (χ3v) is 5.90. The summed E-state index contributed by atoms with van der Waals surface area (Å²) < 4.78 is 26.3. The lowest BCUT2D eigenvalue weighted by Crippen LogP contribution is -2.26. The van der Waals surface area contributed by atoms with Crippen LogP contribution < -0.4 is 0 Å². The molecule has 1 N–H and O–H groups in total. The Morgan fingerprint density at radius 3 is 2.45 bits per heavy atom. The van der Waals surface area contributed by atoms with Gasteiger partial charge in [0.2, 0.25) is 10.0 Å². The van der Waals surface area contributed by atoms with Gasteiger partial charge in [0.05, 0.1) is 4.90 Å². The number of carbonyl (C=O) groups is 1. The Balaban J connectivity index is 2.10. The average molecular weight is 339 g/mol. The highest BCUT2D eigenvalue weighted by atomic mass is 32.2. The van der Waals surface area contributed by atoms with E-state index in [1.165, 1.54) is 27.8 Å². The second kappa shape index (κ2) is 7.04. The molecule has 0 saturated heterocycles. The zero-order valence-electron chi connectivity index (χ0n) is 12.1. The number of hydrogen-bond donors (Lipinski definition) is 1. The second-order valence-electron chi connectivity index (χ2n) is 4.88. The largest absolute Gasteiger partial charge is 0.481 e. The van der Waals surface area contributed by atoms with Crippen molar-refractivity contribution >= 4 is 27.3 Å². The smallest absolute Gasteiger partial charge is 0.303 e. The summed E-state index contributed by atoms with van der Waals surface area (Å²) in [5.74, 6) is -0.868. The first kappa shape index (κ1) is 16.7. The maximum absolute atomic E-state index is 12.5. The molecule has 0 saturated carbocycles. The number of sulfonamides is 1. The standard InChI is InChI=1S/C15H17NO4S2/c1-16(11-13-3-2-10-21-13)22(19,20)14-7-4-12(5-8-14)6-9-15(17)18/h2-5,7-8,10H,6,9,11H2,1H3,(H,17,18). The van der Waals surface area contributed by atoms with Crippen molar-refractivity contribution in [1.29, 1.82) is 0 Å². The molecule has 0 aliphatic carbocycles. The maximum atomic E-state index is 12.5. The zero-order valence-corrected chi connectivity index (χ0v) is 13.7. The van der Waals surface area contributed by atoms with E-state index in [9.17, 15) is 13.2 Å². The third-order valence-electron chi connectivity index (χ3n) is 3.22. The maximum Gasteiger partial charge on any atom is 0.303 e. The van der Waals surface area contributed by atoms with Crippen molar-refractivity contribution in [3.05, 3.63) is 52.2 Å². The Kier molecular flexibility index (Phi) is 5.33. The fourth-order valence-corrected chi connectivity index (χ4v) is 3.95. The Hall–Kier alpha value is -1.70. The summed E-state index contributed by atoms with van der Waals surface area (Å²) in [4.78, 5) is 11.7. The summed E-state index contributed by atoms with van der Waals surface area (Å²) in [6.45, 7) is 0.334. The van der Waals surface area contributed by atoms with E-state index in [1.807, 2.05) is 17.5 Å². The van der Waals surface area contributed by atoms with Crippen LogP contribution in [0.3, 0.4) is 0 Å². The Morgan fingerprint density at radius 1 is 1.23 bits per heavy atom. The monoisotopic (exact) mass is 339 g/mol. The lowest BCUT2D eigenvalue weighted by molar-refractivity contribution is -0.136. The van der Waals surface area contributed by atoms with Crippen LogP contribution in [0, 0.1) is 0 Å². The highest BCUT2D eigenvalue weighted by Crippen LogP contribution is 2.19. The van der Waals surface area contributed by atoms with Gasteiger partial charge in [0.25, 0.3) is 0 Å². The molecule has 0 unspecified atom stereocenters. The molecule has 0 amide bonds. The van der Waals surface area contributed by atoms with Crippen LogP contribution in [0.4, 0.5) is 0 Å². The molecule has 118 valence electrons. The van der Waals surface area contributed by atoms with E-state index in [4.69, 9.17) is 5.11 Å².